The lowest BCUT2D eigenvalue weighted by Crippen LogP contribution is -2.39. The zero-order valence-electron chi connectivity index (χ0n) is 20.5. The molecule has 0 spiro atoms. The molecule has 0 unspecified atom stereocenters. The van der Waals surface area contributed by atoms with Gasteiger partial charge in [0, 0.05) is 17.1 Å². The summed E-state index contributed by atoms with van der Waals surface area (Å²) in [5.41, 5.74) is 4.21. The average molecular weight is 489 g/mol. The van der Waals surface area contributed by atoms with E-state index in [0.717, 1.165) is 27.6 Å². The maximum atomic E-state index is 13.4. The van der Waals surface area contributed by atoms with Crippen LogP contribution in [-0.4, -0.2) is 53.1 Å². The van der Waals surface area contributed by atoms with E-state index in [1.54, 1.807) is 12.1 Å². The number of rotatable bonds is 11. The van der Waals surface area contributed by atoms with Gasteiger partial charge in [-0.2, -0.15) is 0 Å². The maximum Gasteiger partial charge on any atom is 0.255 e. The zero-order chi connectivity index (χ0) is 25.5. The molecule has 1 aromatic heterocycles. The lowest BCUT2D eigenvalue weighted by atomic mass is 10.0. The van der Waals surface area contributed by atoms with Crippen molar-refractivity contribution >= 4 is 16.8 Å². The number of aliphatic hydroxyl groups excluding tert-OH is 2. The fourth-order valence-electron chi connectivity index (χ4n) is 4.14. The Morgan fingerprint density at radius 2 is 1.75 bits per heavy atom. The molecule has 7 heteroatoms. The van der Waals surface area contributed by atoms with Gasteiger partial charge in [0.1, 0.15) is 18.1 Å². The second-order valence-corrected chi connectivity index (χ2v) is 8.89. The van der Waals surface area contributed by atoms with E-state index in [4.69, 9.17) is 14.6 Å². The van der Waals surface area contributed by atoms with E-state index in [1.165, 1.54) is 0 Å². The van der Waals surface area contributed by atoms with E-state index in [0.29, 0.717) is 23.5 Å². The fraction of sp³-hybridized carbons (Fsp3) is 0.276. The number of carbonyl (C=O) groups excluding carboxylic acids is 1. The van der Waals surface area contributed by atoms with Crippen molar-refractivity contribution in [3.8, 4) is 22.6 Å². The topological polar surface area (TPSA) is 104 Å². The minimum atomic E-state index is -0.463. The predicted octanol–water partition coefficient (Wildman–Crippen LogP) is 4.33. The number of aliphatic hydroxyl groups is 2. The molecule has 4 N–H and O–H groups in total. The summed E-state index contributed by atoms with van der Waals surface area (Å²) in [6, 6.07) is 20.5. The second kappa shape index (κ2) is 11.7. The summed E-state index contributed by atoms with van der Waals surface area (Å²) in [6.45, 7) is 3.81. The number of aromatic nitrogens is 1. The first-order valence-electron chi connectivity index (χ1n) is 12.1. The summed E-state index contributed by atoms with van der Waals surface area (Å²) in [6.07, 6.45) is 2.30. The molecule has 36 heavy (non-hydrogen) atoms. The van der Waals surface area contributed by atoms with Gasteiger partial charge < -0.3 is 30.0 Å². The third-order valence-corrected chi connectivity index (χ3v) is 5.83. The highest BCUT2D eigenvalue weighted by Gasteiger charge is 2.20. The van der Waals surface area contributed by atoms with Crippen LogP contribution in [-0.2, 0) is 6.42 Å². The number of nitrogens with one attached hydrogen (secondary N) is 2. The smallest absolute Gasteiger partial charge is 0.255 e. The van der Waals surface area contributed by atoms with Crippen LogP contribution in [0.2, 0.25) is 0 Å². The van der Waals surface area contributed by atoms with Crippen LogP contribution in [0.1, 0.15) is 29.8 Å². The van der Waals surface area contributed by atoms with Crippen molar-refractivity contribution in [2.24, 2.45) is 0 Å². The van der Waals surface area contributed by atoms with E-state index in [-0.39, 0.29) is 31.8 Å². The van der Waals surface area contributed by atoms with Crippen LogP contribution in [0.4, 0.5) is 0 Å². The third-order valence-electron chi connectivity index (χ3n) is 5.83. The Balaban J connectivity index is 1.57. The van der Waals surface area contributed by atoms with Gasteiger partial charge in [0.15, 0.2) is 0 Å². The van der Waals surface area contributed by atoms with Gasteiger partial charge in [-0.05, 0) is 67.3 Å². The van der Waals surface area contributed by atoms with Gasteiger partial charge in [-0.1, -0.05) is 36.4 Å². The third kappa shape index (κ3) is 6.05. The van der Waals surface area contributed by atoms with E-state index in [1.807, 2.05) is 74.6 Å². The van der Waals surface area contributed by atoms with E-state index < -0.39 is 6.04 Å². The lowest BCUT2D eigenvalue weighted by Gasteiger charge is -2.19. The van der Waals surface area contributed by atoms with Crippen LogP contribution in [0, 0.1) is 0 Å². The van der Waals surface area contributed by atoms with Gasteiger partial charge in [-0.15, -0.1) is 0 Å². The number of aromatic amines is 1. The van der Waals surface area contributed by atoms with Gasteiger partial charge in [0.25, 0.3) is 5.91 Å². The van der Waals surface area contributed by atoms with Crippen molar-refractivity contribution in [3.63, 3.8) is 0 Å². The van der Waals surface area contributed by atoms with Crippen LogP contribution < -0.4 is 14.8 Å². The van der Waals surface area contributed by atoms with Gasteiger partial charge in [0.05, 0.1) is 30.9 Å². The summed E-state index contributed by atoms with van der Waals surface area (Å²) < 4.78 is 11.4. The van der Waals surface area contributed by atoms with Crippen LogP contribution in [0.5, 0.6) is 11.5 Å². The van der Waals surface area contributed by atoms with Crippen LogP contribution in [0.25, 0.3) is 22.0 Å². The number of hydrogen-bond acceptors (Lipinski definition) is 5. The molecule has 1 heterocycles. The Morgan fingerprint density at radius 1 is 1.00 bits per heavy atom. The number of fused-ring (bicyclic) bond motifs is 1. The Bertz CT molecular complexity index is 1300. The second-order valence-electron chi connectivity index (χ2n) is 8.89. The number of benzene rings is 3. The minimum absolute atomic E-state index is 0.0489. The number of amides is 1. The highest BCUT2D eigenvalue weighted by molar-refractivity contribution is 5.98. The van der Waals surface area contributed by atoms with Crippen molar-refractivity contribution in [2.45, 2.75) is 32.4 Å². The molecule has 1 amide bonds. The molecular formula is C29H32N2O5. The molecule has 0 fully saturated rings. The van der Waals surface area contributed by atoms with Gasteiger partial charge >= 0.3 is 0 Å². The number of carbonyl (C=O) groups is 1. The average Bonchev–Trinajstić information content (AvgIpc) is 3.30. The highest BCUT2D eigenvalue weighted by atomic mass is 16.5. The molecule has 0 saturated heterocycles. The van der Waals surface area contributed by atoms with E-state index >= 15 is 0 Å². The quantitative estimate of drug-likeness (QED) is 0.252. The summed E-state index contributed by atoms with van der Waals surface area (Å²) in [5, 5.41) is 23.0. The number of para-hydroxylation sites is 1. The normalized spacial score (nSPS) is 12.0. The summed E-state index contributed by atoms with van der Waals surface area (Å²) >= 11 is 0. The molecule has 188 valence electrons. The van der Waals surface area contributed by atoms with Gasteiger partial charge in [-0.25, -0.2) is 0 Å². The SMILES string of the molecule is CC(C)Oc1ccc(-c2ccc(OCCO)cc2)cc1C(=O)N[C@@H](CO)Cc1c[nH]c2ccccc12. The van der Waals surface area contributed by atoms with Gasteiger partial charge in [-0.3, -0.25) is 4.79 Å². The van der Waals surface area contributed by atoms with Crippen molar-refractivity contribution in [1.82, 2.24) is 10.3 Å². The molecule has 0 aliphatic heterocycles. The fourth-order valence-corrected chi connectivity index (χ4v) is 4.14. The van der Waals surface area contributed by atoms with Crippen molar-refractivity contribution < 1.29 is 24.5 Å². The number of ether oxygens (including phenoxy) is 2. The Kier molecular flexibility index (Phi) is 8.25. The van der Waals surface area contributed by atoms with Crippen LogP contribution >= 0.6 is 0 Å². The van der Waals surface area contributed by atoms with E-state index in [2.05, 4.69) is 10.3 Å². The first-order chi connectivity index (χ1) is 17.5. The van der Waals surface area contributed by atoms with Crippen molar-refractivity contribution in [3.05, 3.63) is 84.1 Å². The summed E-state index contributed by atoms with van der Waals surface area (Å²) in [4.78, 5) is 16.6. The minimum Gasteiger partial charge on any atom is -0.491 e. The maximum absolute atomic E-state index is 13.4. The molecule has 1 atom stereocenters. The Labute approximate surface area is 210 Å². The molecule has 3 aromatic carbocycles. The number of hydrogen-bond donors (Lipinski definition) is 4. The molecule has 0 bridgehead atoms. The van der Waals surface area contributed by atoms with E-state index in [9.17, 15) is 9.90 Å². The number of H-pyrrole nitrogens is 1. The highest BCUT2D eigenvalue weighted by Crippen LogP contribution is 2.29. The van der Waals surface area contributed by atoms with Gasteiger partial charge in [0.2, 0.25) is 0 Å². The molecule has 0 aliphatic rings. The first-order valence-corrected chi connectivity index (χ1v) is 12.1. The van der Waals surface area contributed by atoms with Crippen molar-refractivity contribution in [2.75, 3.05) is 19.8 Å². The Hall–Kier alpha value is -3.81. The first kappa shape index (κ1) is 25.3. The molecule has 4 aromatic rings. The molecular weight excluding hydrogens is 456 g/mol. The predicted molar refractivity (Wildman–Crippen MR) is 141 cm³/mol. The van der Waals surface area contributed by atoms with Crippen molar-refractivity contribution in [1.29, 1.82) is 0 Å². The zero-order valence-corrected chi connectivity index (χ0v) is 20.5. The molecule has 0 radical (unpaired) electrons. The summed E-state index contributed by atoms with van der Waals surface area (Å²) in [5.74, 6) is 0.834. The Morgan fingerprint density at radius 3 is 2.47 bits per heavy atom. The van der Waals surface area contributed by atoms with Crippen LogP contribution in [0.15, 0.2) is 72.9 Å². The largest absolute Gasteiger partial charge is 0.491 e. The molecule has 7 nitrogen and oxygen atoms in total. The molecule has 0 saturated carbocycles. The lowest BCUT2D eigenvalue weighted by molar-refractivity contribution is 0.0910. The molecule has 4 rings (SSSR count). The molecule has 0 aliphatic carbocycles. The monoisotopic (exact) mass is 488 g/mol. The standard InChI is InChI=1S/C29H32N2O5/c1-19(2)36-28-12-9-21(20-7-10-24(11-8-20)35-14-13-32)16-26(28)29(34)31-23(18-33)15-22-17-30-27-6-4-3-5-25(22)27/h3-12,16-17,19,23,30,32-33H,13-15,18H2,1-2H3,(H,31,34)/t23-/m1/s1. The summed E-state index contributed by atoms with van der Waals surface area (Å²) in [7, 11) is 0. The van der Waals surface area contributed by atoms with Crippen LogP contribution in [0.3, 0.4) is 0 Å².